The van der Waals surface area contributed by atoms with Crippen molar-refractivity contribution < 1.29 is 9.64 Å². The van der Waals surface area contributed by atoms with Crippen molar-refractivity contribution in [3.05, 3.63) is 71.0 Å². The van der Waals surface area contributed by atoms with E-state index in [1.54, 1.807) is 18.9 Å². The molecule has 0 amide bonds. The molecule has 0 radical (unpaired) electrons. The van der Waals surface area contributed by atoms with E-state index >= 15 is 0 Å². The maximum absolute atomic E-state index is 5.55. The van der Waals surface area contributed by atoms with Crippen LogP contribution >= 0.6 is 11.8 Å². The summed E-state index contributed by atoms with van der Waals surface area (Å²) in [6.07, 6.45) is 1.02. The zero-order chi connectivity index (χ0) is 20.8. The fourth-order valence-electron chi connectivity index (χ4n) is 3.59. The number of hydrogen-bond donors (Lipinski definition) is 1. The quantitative estimate of drug-likeness (QED) is 0.547. The van der Waals surface area contributed by atoms with Crippen molar-refractivity contribution >= 4 is 11.8 Å². The average molecular weight is 412 g/mol. The lowest BCUT2D eigenvalue weighted by atomic mass is 10.1. The van der Waals surface area contributed by atoms with Gasteiger partial charge in [0.1, 0.15) is 11.8 Å². The highest BCUT2D eigenvalue weighted by Crippen LogP contribution is 2.29. The number of quaternary nitrogens is 1. The summed E-state index contributed by atoms with van der Waals surface area (Å²) in [7, 11) is 6.08. The van der Waals surface area contributed by atoms with Crippen LogP contribution in [0.3, 0.4) is 0 Å². The number of nitrogens with one attached hydrogen (secondary N) is 1. The van der Waals surface area contributed by atoms with Gasteiger partial charge in [-0.2, -0.15) is 0 Å². The largest absolute Gasteiger partial charge is 0.496 e. The van der Waals surface area contributed by atoms with Gasteiger partial charge in [0.25, 0.3) is 0 Å². The van der Waals surface area contributed by atoms with Crippen LogP contribution in [0, 0.1) is 6.92 Å². The molecule has 2 aromatic carbocycles. The molecule has 6 heteroatoms. The Morgan fingerprint density at radius 2 is 1.86 bits per heavy atom. The summed E-state index contributed by atoms with van der Waals surface area (Å²) in [6.45, 7) is 5.10. The Balaban J connectivity index is 1.91. The molecule has 0 aliphatic rings. The van der Waals surface area contributed by atoms with E-state index in [-0.39, 0.29) is 0 Å². The maximum Gasteiger partial charge on any atom is 0.192 e. The first-order valence-corrected chi connectivity index (χ1v) is 11.0. The van der Waals surface area contributed by atoms with Gasteiger partial charge in [-0.3, -0.25) is 4.57 Å². The second-order valence-electron chi connectivity index (χ2n) is 7.55. The zero-order valence-corrected chi connectivity index (χ0v) is 18.8. The Labute approximate surface area is 178 Å². The molecule has 5 nitrogen and oxygen atoms in total. The van der Waals surface area contributed by atoms with Crippen LogP contribution in [-0.2, 0) is 12.3 Å². The number of benzene rings is 2. The lowest BCUT2D eigenvalue weighted by Crippen LogP contribution is -3.06. The van der Waals surface area contributed by atoms with Gasteiger partial charge >= 0.3 is 0 Å². The molecule has 1 N–H and O–H groups in total. The smallest absolute Gasteiger partial charge is 0.192 e. The van der Waals surface area contributed by atoms with Crippen molar-refractivity contribution in [2.45, 2.75) is 43.8 Å². The predicted molar refractivity (Wildman–Crippen MR) is 119 cm³/mol. The lowest BCUT2D eigenvalue weighted by molar-refractivity contribution is -0.893. The van der Waals surface area contributed by atoms with Crippen molar-refractivity contribution in [1.82, 2.24) is 14.8 Å². The summed E-state index contributed by atoms with van der Waals surface area (Å²) in [4.78, 5) is 1.37. The molecule has 1 atom stereocenters. The van der Waals surface area contributed by atoms with Crippen LogP contribution in [0.2, 0.25) is 0 Å². The number of hydrogen-bond acceptors (Lipinski definition) is 4. The van der Waals surface area contributed by atoms with E-state index < -0.39 is 0 Å². The van der Waals surface area contributed by atoms with E-state index in [0.717, 1.165) is 35.4 Å². The lowest BCUT2D eigenvalue weighted by Gasteiger charge is -2.20. The molecule has 154 valence electrons. The van der Waals surface area contributed by atoms with Gasteiger partial charge in [0.05, 0.1) is 27.7 Å². The number of ether oxygens (including phenoxy) is 1. The normalized spacial score (nSPS) is 12.3. The molecular formula is C23H31N4OS+. The van der Waals surface area contributed by atoms with Crippen molar-refractivity contribution in [3.8, 4) is 5.75 Å². The second-order valence-corrected chi connectivity index (χ2v) is 8.50. The average Bonchev–Trinajstić information content (AvgIpc) is 3.10. The highest BCUT2D eigenvalue weighted by atomic mass is 32.2. The Morgan fingerprint density at radius 1 is 1.10 bits per heavy atom. The van der Waals surface area contributed by atoms with Crippen LogP contribution in [0.25, 0.3) is 0 Å². The Hall–Kier alpha value is -2.31. The first kappa shape index (κ1) is 21.4. The first-order valence-electron chi connectivity index (χ1n) is 10.1. The minimum atomic E-state index is 0.314. The van der Waals surface area contributed by atoms with Crippen LogP contribution < -0.4 is 9.64 Å². The standard InChI is InChI=1S/C23H30N4OS/c1-6-20(26(3)4)22-24-25-23(27(22)15-18-10-8-7-9-11-18)29-16-19-14-17(2)12-13-21(19)28-5/h7-14,20H,6,15-16H2,1-5H3/p+1/t20-/m1/s1. The molecule has 0 unspecified atom stereocenters. The van der Waals surface area contributed by atoms with Gasteiger partial charge in [-0.15, -0.1) is 10.2 Å². The van der Waals surface area contributed by atoms with E-state index in [4.69, 9.17) is 4.74 Å². The third-order valence-corrected chi connectivity index (χ3v) is 6.15. The van der Waals surface area contributed by atoms with E-state index in [2.05, 4.69) is 85.2 Å². The highest BCUT2D eigenvalue weighted by Gasteiger charge is 2.25. The number of nitrogens with zero attached hydrogens (tertiary/aromatic N) is 3. The minimum Gasteiger partial charge on any atom is -0.496 e. The van der Waals surface area contributed by atoms with Crippen LogP contribution in [-0.4, -0.2) is 36.0 Å². The Morgan fingerprint density at radius 3 is 2.52 bits per heavy atom. The summed E-state index contributed by atoms with van der Waals surface area (Å²) in [6, 6.07) is 17.1. The van der Waals surface area contributed by atoms with Gasteiger partial charge in [0.2, 0.25) is 0 Å². The topological polar surface area (TPSA) is 44.4 Å². The molecule has 0 aliphatic carbocycles. The van der Waals surface area contributed by atoms with Crippen LogP contribution in [0.1, 0.15) is 41.9 Å². The molecule has 1 aromatic heterocycles. The van der Waals surface area contributed by atoms with Crippen LogP contribution in [0.15, 0.2) is 53.7 Å². The van der Waals surface area contributed by atoms with Gasteiger partial charge in [-0.1, -0.05) is 66.7 Å². The minimum absolute atomic E-state index is 0.314. The van der Waals surface area contributed by atoms with E-state index in [9.17, 15) is 0 Å². The van der Waals surface area contributed by atoms with Crippen molar-refractivity contribution in [1.29, 1.82) is 0 Å². The number of methoxy groups -OCH3 is 1. The third-order valence-electron chi connectivity index (χ3n) is 5.14. The van der Waals surface area contributed by atoms with Gasteiger partial charge < -0.3 is 9.64 Å². The molecule has 0 aliphatic heterocycles. The first-order chi connectivity index (χ1) is 14.0. The van der Waals surface area contributed by atoms with Gasteiger partial charge in [-0.05, 0) is 18.6 Å². The molecular weight excluding hydrogens is 380 g/mol. The van der Waals surface area contributed by atoms with E-state index in [1.165, 1.54) is 21.6 Å². The molecule has 0 spiro atoms. The monoisotopic (exact) mass is 411 g/mol. The van der Waals surface area contributed by atoms with Crippen molar-refractivity contribution in [2.24, 2.45) is 0 Å². The molecule has 0 bridgehead atoms. The molecule has 0 saturated heterocycles. The number of thioether (sulfide) groups is 1. The fraction of sp³-hybridized carbons (Fsp3) is 0.391. The summed E-state index contributed by atoms with van der Waals surface area (Å²) in [5.41, 5.74) is 3.67. The molecule has 0 fully saturated rings. The SMILES string of the molecule is CC[C@H](c1nnc(SCc2cc(C)ccc2OC)n1Cc1ccccc1)[NH+](C)C. The number of rotatable bonds is 9. The molecule has 1 heterocycles. The summed E-state index contributed by atoms with van der Waals surface area (Å²) >= 11 is 1.72. The molecule has 0 saturated carbocycles. The number of aromatic nitrogens is 3. The predicted octanol–water partition coefficient (Wildman–Crippen LogP) is 3.53. The van der Waals surface area contributed by atoms with Crippen LogP contribution in [0.4, 0.5) is 0 Å². The fourth-order valence-corrected chi connectivity index (χ4v) is 4.51. The molecule has 3 aromatic rings. The van der Waals surface area contributed by atoms with Crippen molar-refractivity contribution in [3.63, 3.8) is 0 Å². The highest BCUT2D eigenvalue weighted by molar-refractivity contribution is 7.98. The zero-order valence-electron chi connectivity index (χ0n) is 18.0. The van der Waals surface area contributed by atoms with Gasteiger partial charge in [0.15, 0.2) is 11.0 Å². The Bertz CT molecular complexity index is 924. The van der Waals surface area contributed by atoms with Crippen LogP contribution in [0.5, 0.6) is 5.75 Å². The summed E-state index contributed by atoms with van der Waals surface area (Å²) < 4.78 is 7.83. The Kier molecular flexibility index (Phi) is 7.34. The van der Waals surface area contributed by atoms with E-state index in [1.807, 2.05) is 6.07 Å². The van der Waals surface area contributed by atoms with E-state index in [0.29, 0.717) is 6.04 Å². The maximum atomic E-state index is 5.55. The van der Waals surface area contributed by atoms with Crippen molar-refractivity contribution in [2.75, 3.05) is 21.2 Å². The number of aryl methyl sites for hydroxylation is 1. The summed E-state index contributed by atoms with van der Waals surface area (Å²) in [5.74, 6) is 2.76. The second kappa shape index (κ2) is 9.94. The van der Waals surface area contributed by atoms with Gasteiger partial charge in [0, 0.05) is 17.7 Å². The van der Waals surface area contributed by atoms with Gasteiger partial charge in [-0.25, -0.2) is 0 Å². The molecule has 29 heavy (non-hydrogen) atoms. The summed E-state index contributed by atoms with van der Waals surface area (Å²) in [5, 5.41) is 10.1. The molecule has 3 rings (SSSR count). The third kappa shape index (κ3) is 5.19.